The predicted molar refractivity (Wildman–Crippen MR) is 112 cm³/mol. The average Bonchev–Trinajstić information content (AvgIpc) is 3.28. The van der Waals surface area contributed by atoms with Gasteiger partial charge in [-0.25, -0.2) is 4.39 Å². The van der Waals surface area contributed by atoms with Gasteiger partial charge in [0.05, 0.1) is 17.5 Å². The Kier molecular flexibility index (Phi) is 4.04. The molecule has 0 unspecified atom stereocenters. The molecule has 0 amide bonds. The van der Waals surface area contributed by atoms with Crippen LogP contribution in [0.5, 0.6) is 0 Å². The normalized spacial score (nSPS) is 14.4. The SMILES string of the molecule is N#C/C=C1/C(=C2c3cccnc3-c3ncccc32)C(=C(C#N)C#N)c2ccc(F)cc21. The van der Waals surface area contributed by atoms with Crippen LogP contribution < -0.4 is 0 Å². The number of nitrogens with zero attached hydrogens (tertiary/aromatic N) is 5. The molecule has 0 spiro atoms. The largest absolute Gasteiger partial charge is 0.254 e. The van der Waals surface area contributed by atoms with Crippen molar-refractivity contribution in [3.8, 4) is 29.6 Å². The van der Waals surface area contributed by atoms with E-state index in [2.05, 4.69) is 9.97 Å². The topological polar surface area (TPSA) is 97.2 Å². The van der Waals surface area contributed by atoms with E-state index >= 15 is 0 Å². The maximum atomic E-state index is 14.2. The molecule has 0 bridgehead atoms. The molecule has 6 heteroatoms. The van der Waals surface area contributed by atoms with Crippen molar-refractivity contribution < 1.29 is 4.39 Å². The van der Waals surface area contributed by atoms with Crippen molar-refractivity contribution in [2.45, 2.75) is 0 Å². The Balaban J connectivity index is 2.02. The van der Waals surface area contributed by atoms with Crippen molar-refractivity contribution in [2.24, 2.45) is 0 Å². The second-order valence-corrected chi connectivity index (χ2v) is 6.90. The third-order valence-electron chi connectivity index (χ3n) is 5.37. The van der Waals surface area contributed by atoms with Crippen molar-refractivity contribution in [3.63, 3.8) is 0 Å². The maximum absolute atomic E-state index is 14.2. The third-order valence-corrected chi connectivity index (χ3v) is 5.37. The van der Waals surface area contributed by atoms with Crippen LogP contribution in [0, 0.1) is 39.8 Å². The van der Waals surface area contributed by atoms with E-state index in [-0.39, 0.29) is 5.57 Å². The lowest BCUT2D eigenvalue weighted by Gasteiger charge is -2.11. The Hall–Kier alpha value is -4.86. The Morgan fingerprint density at radius 2 is 1.45 bits per heavy atom. The van der Waals surface area contributed by atoms with Gasteiger partial charge in [-0.3, -0.25) is 9.97 Å². The number of allylic oxidation sites excluding steroid dienone is 5. The fraction of sp³-hybridized carbons (Fsp3) is 0. The molecule has 0 atom stereocenters. The molecule has 0 N–H and O–H groups in total. The van der Waals surface area contributed by atoms with Gasteiger partial charge in [0.15, 0.2) is 0 Å². The minimum atomic E-state index is -0.473. The summed E-state index contributed by atoms with van der Waals surface area (Å²) in [5.41, 5.74) is 5.86. The van der Waals surface area contributed by atoms with Crippen LogP contribution in [-0.4, -0.2) is 9.97 Å². The van der Waals surface area contributed by atoms with E-state index in [0.29, 0.717) is 44.8 Å². The zero-order chi connectivity index (χ0) is 21.5. The molecule has 5 nitrogen and oxygen atoms in total. The molecule has 142 valence electrons. The summed E-state index contributed by atoms with van der Waals surface area (Å²) in [5, 5.41) is 28.9. The molecule has 0 radical (unpaired) electrons. The second-order valence-electron chi connectivity index (χ2n) is 6.90. The lowest BCUT2D eigenvalue weighted by atomic mass is 9.89. The quantitative estimate of drug-likeness (QED) is 0.395. The second kappa shape index (κ2) is 6.88. The molecule has 0 fully saturated rings. The van der Waals surface area contributed by atoms with Crippen LogP contribution >= 0.6 is 0 Å². The summed E-state index contributed by atoms with van der Waals surface area (Å²) in [6.07, 6.45) is 4.66. The van der Waals surface area contributed by atoms with Crippen molar-refractivity contribution in [1.82, 2.24) is 9.97 Å². The van der Waals surface area contributed by atoms with E-state index in [9.17, 15) is 20.2 Å². The van der Waals surface area contributed by atoms with Crippen LogP contribution in [-0.2, 0) is 0 Å². The summed E-state index contributed by atoms with van der Waals surface area (Å²) >= 11 is 0. The molecule has 2 heterocycles. The monoisotopic (exact) mass is 399 g/mol. The first kappa shape index (κ1) is 18.2. The van der Waals surface area contributed by atoms with Crippen LogP contribution in [0.2, 0.25) is 0 Å². The molecule has 5 rings (SSSR count). The van der Waals surface area contributed by atoms with E-state index in [1.165, 1.54) is 24.3 Å². The fourth-order valence-corrected chi connectivity index (χ4v) is 4.24. The summed E-state index contributed by atoms with van der Waals surface area (Å²) in [5.74, 6) is -0.473. The Labute approximate surface area is 177 Å². The summed E-state index contributed by atoms with van der Waals surface area (Å²) in [6.45, 7) is 0. The Morgan fingerprint density at radius 3 is 2.03 bits per heavy atom. The number of hydrogen-bond donors (Lipinski definition) is 0. The zero-order valence-electron chi connectivity index (χ0n) is 15.9. The zero-order valence-corrected chi connectivity index (χ0v) is 15.9. The minimum Gasteiger partial charge on any atom is -0.254 e. The average molecular weight is 399 g/mol. The first-order valence-corrected chi connectivity index (χ1v) is 9.30. The summed E-state index contributed by atoms with van der Waals surface area (Å²) in [4.78, 5) is 8.96. The van der Waals surface area contributed by atoms with Gasteiger partial charge in [-0.15, -0.1) is 0 Å². The molecule has 31 heavy (non-hydrogen) atoms. The summed E-state index contributed by atoms with van der Waals surface area (Å²) in [7, 11) is 0. The highest BCUT2D eigenvalue weighted by Gasteiger charge is 2.37. The maximum Gasteiger partial charge on any atom is 0.138 e. The predicted octanol–water partition coefficient (Wildman–Crippen LogP) is 4.82. The van der Waals surface area contributed by atoms with Crippen LogP contribution in [0.1, 0.15) is 22.3 Å². The number of rotatable bonds is 0. The van der Waals surface area contributed by atoms with Crippen LogP contribution in [0.4, 0.5) is 4.39 Å². The number of aromatic nitrogens is 2. The van der Waals surface area contributed by atoms with Crippen LogP contribution in [0.3, 0.4) is 0 Å². The summed E-state index contributed by atoms with van der Waals surface area (Å²) < 4.78 is 14.2. The minimum absolute atomic E-state index is 0.112. The van der Waals surface area contributed by atoms with E-state index in [1.807, 2.05) is 30.3 Å². The fourth-order valence-electron chi connectivity index (χ4n) is 4.24. The Bertz CT molecular complexity index is 1460. The van der Waals surface area contributed by atoms with E-state index in [4.69, 9.17) is 0 Å². The van der Waals surface area contributed by atoms with E-state index in [1.54, 1.807) is 24.5 Å². The van der Waals surface area contributed by atoms with Gasteiger partial charge in [0.1, 0.15) is 23.5 Å². The van der Waals surface area contributed by atoms with Crippen molar-refractivity contribution >= 4 is 16.7 Å². The number of fused-ring (bicyclic) bond motifs is 4. The molecule has 2 aliphatic rings. The molecular weight excluding hydrogens is 389 g/mol. The smallest absolute Gasteiger partial charge is 0.138 e. The van der Waals surface area contributed by atoms with Gasteiger partial charge < -0.3 is 0 Å². The summed E-state index contributed by atoms with van der Waals surface area (Å²) in [6, 6.07) is 17.4. The highest BCUT2D eigenvalue weighted by atomic mass is 19.1. The van der Waals surface area contributed by atoms with Gasteiger partial charge in [0.25, 0.3) is 0 Å². The van der Waals surface area contributed by atoms with Gasteiger partial charge in [0.2, 0.25) is 0 Å². The van der Waals surface area contributed by atoms with Crippen molar-refractivity contribution in [1.29, 1.82) is 15.8 Å². The van der Waals surface area contributed by atoms with Crippen molar-refractivity contribution in [3.05, 3.63) is 100 Å². The molecule has 3 aromatic rings. The van der Waals surface area contributed by atoms with Gasteiger partial charge in [-0.05, 0) is 35.4 Å². The standard InChI is InChI=1S/C25H10FN5/c26-15-5-6-16-20(11-15)17(7-8-27)23(21(16)14(12-28)13-29)22-18-3-1-9-30-24(18)25-19(22)4-2-10-31-25/h1-7,9-11H/b17-7+. The highest BCUT2D eigenvalue weighted by molar-refractivity contribution is 6.19. The van der Waals surface area contributed by atoms with Gasteiger partial charge >= 0.3 is 0 Å². The molecule has 1 aromatic carbocycles. The molecule has 2 aliphatic carbocycles. The van der Waals surface area contributed by atoms with Gasteiger partial charge in [-0.1, -0.05) is 18.2 Å². The van der Waals surface area contributed by atoms with Crippen molar-refractivity contribution in [2.75, 3.05) is 0 Å². The number of halogens is 1. The lowest BCUT2D eigenvalue weighted by molar-refractivity contribution is 0.627. The molecule has 0 saturated heterocycles. The third kappa shape index (κ3) is 2.52. The molecule has 2 aromatic heterocycles. The highest BCUT2D eigenvalue weighted by Crippen LogP contribution is 2.54. The van der Waals surface area contributed by atoms with Gasteiger partial charge in [-0.2, -0.15) is 15.8 Å². The number of nitriles is 3. The van der Waals surface area contributed by atoms with Gasteiger partial charge in [0, 0.05) is 51.9 Å². The molecule has 0 aliphatic heterocycles. The number of benzene rings is 1. The van der Waals surface area contributed by atoms with E-state index in [0.717, 1.165) is 11.1 Å². The first-order valence-electron chi connectivity index (χ1n) is 9.30. The number of pyridine rings is 2. The Morgan fingerprint density at radius 1 is 0.806 bits per heavy atom. The van der Waals surface area contributed by atoms with E-state index < -0.39 is 5.82 Å². The van der Waals surface area contributed by atoms with Crippen LogP contribution in [0.15, 0.2) is 72.1 Å². The first-order chi connectivity index (χ1) is 15.2. The number of hydrogen-bond acceptors (Lipinski definition) is 5. The molecular formula is C25H10FN5. The van der Waals surface area contributed by atoms with Crippen LogP contribution in [0.25, 0.3) is 28.1 Å². The molecule has 0 saturated carbocycles. The lowest BCUT2D eigenvalue weighted by Crippen LogP contribution is -1.94.